The number of benzene rings is 1. The van der Waals surface area contributed by atoms with Gasteiger partial charge in [0.25, 0.3) is 5.88 Å². The van der Waals surface area contributed by atoms with Gasteiger partial charge in [-0.2, -0.15) is 0 Å². The molecule has 1 heterocycles. The first-order valence-corrected chi connectivity index (χ1v) is 5.55. The van der Waals surface area contributed by atoms with Gasteiger partial charge < -0.3 is 9.84 Å². The molecule has 0 fully saturated rings. The van der Waals surface area contributed by atoms with Crippen molar-refractivity contribution in [2.75, 3.05) is 0 Å². The average molecular weight is 260 g/mol. The predicted octanol–water partition coefficient (Wildman–Crippen LogP) is 3.10. The van der Waals surface area contributed by atoms with Crippen molar-refractivity contribution in [2.24, 2.45) is 0 Å². The Morgan fingerprint density at radius 2 is 1.95 bits per heavy atom. The van der Waals surface area contributed by atoms with Gasteiger partial charge in [0.05, 0.1) is 4.92 Å². The highest BCUT2D eigenvalue weighted by Crippen LogP contribution is 2.31. The van der Waals surface area contributed by atoms with Gasteiger partial charge in [-0.25, -0.2) is 4.98 Å². The van der Waals surface area contributed by atoms with Crippen LogP contribution in [0.5, 0.6) is 17.4 Å². The highest BCUT2D eigenvalue weighted by atomic mass is 16.6. The lowest BCUT2D eigenvalue weighted by molar-refractivity contribution is -0.386. The van der Waals surface area contributed by atoms with Crippen LogP contribution in [0.1, 0.15) is 11.1 Å². The van der Waals surface area contributed by atoms with Crippen molar-refractivity contribution in [1.82, 2.24) is 4.98 Å². The molecule has 6 heteroatoms. The molecule has 1 N–H and O–H groups in total. The summed E-state index contributed by atoms with van der Waals surface area (Å²) in [6.45, 7) is 3.49. The van der Waals surface area contributed by atoms with Crippen molar-refractivity contribution >= 4 is 5.69 Å². The van der Waals surface area contributed by atoms with E-state index in [0.29, 0.717) is 11.3 Å². The van der Waals surface area contributed by atoms with E-state index in [1.165, 1.54) is 18.3 Å². The minimum Gasteiger partial charge on any atom is -0.508 e. The third-order valence-electron chi connectivity index (χ3n) is 2.42. The second-order valence-corrected chi connectivity index (χ2v) is 4.20. The molecule has 0 bridgehead atoms. The van der Waals surface area contributed by atoms with Crippen molar-refractivity contribution in [3.05, 3.63) is 51.7 Å². The molecule has 2 aromatic rings. The Bertz CT molecular complexity index is 620. The lowest BCUT2D eigenvalue weighted by Gasteiger charge is -2.07. The largest absolute Gasteiger partial charge is 0.508 e. The van der Waals surface area contributed by atoms with Crippen LogP contribution in [0.25, 0.3) is 0 Å². The zero-order valence-corrected chi connectivity index (χ0v) is 10.5. The first-order chi connectivity index (χ1) is 8.95. The Hall–Kier alpha value is -2.63. The van der Waals surface area contributed by atoms with E-state index in [-0.39, 0.29) is 17.3 Å². The fourth-order valence-electron chi connectivity index (χ4n) is 1.65. The number of hydrogen-bond donors (Lipinski definition) is 1. The lowest BCUT2D eigenvalue weighted by Crippen LogP contribution is -1.97. The summed E-state index contributed by atoms with van der Waals surface area (Å²) in [5, 5.41) is 20.4. The summed E-state index contributed by atoms with van der Waals surface area (Å²) >= 11 is 0. The van der Waals surface area contributed by atoms with Crippen LogP contribution in [0.15, 0.2) is 30.5 Å². The molecule has 2 rings (SSSR count). The van der Waals surface area contributed by atoms with Crippen LogP contribution in [-0.4, -0.2) is 15.0 Å². The smallest absolute Gasteiger partial charge is 0.331 e. The number of aromatic hydroxyl groups is 1. The van der Waals surface area contributed by atoms with Crippen molar-refractivity contribution < 1.29 is 14.8 Å². The van der Waals surface area contributed by atoms with Crippen molar-refractivity contribution in [1.29, 1.82) is 0 Å². The maximum Gasteiger partial charge on any atom is 0.331 e. The predicted molar refractivity (Wildman–Crippen MR) is 68.5 cm³/mol. The van der Waals surface area contributed by atoms with Crippen LogP contribution in [0.3, 0.4) is 0 Å². The number of nitrogens with zero attached hydrogens (tertiary/aromatic N) is 2. The van der Waals surface area contributed by atoms with E-state index >= 15 is 0 Å². The van der Waals surface area contributed by atoms with Crippen LogP contribution in [0.4, 0.5) is 5.69 Å². The second kappa shape index (κ2) is 4.93. The fraction of sp³-hybridized carbons (Fsp3) is 0.154. The molecule has 0 saturated heterocycles. The van der Waals surface area contributed by atoms with E-state index in [0.717, 1.165) is 5.56 Å². The number of ether oxygens (including phenoxy) is 1. The van der Waals surface area contributed by atoms with Crippen LogP contribution < -0.4 is 4.74 Å². The topological polar surface area (TPSA) is 85.5 Å². The molecule has 0 aliphatic heterocycles. The fourth-order valence-corrected chi connectivity index (χ4v) is 1.65. The van der Waals surface area contributed by atoms with Gasteiger partial charge in [-0.05, 0) is 37.1 Å². The summed E-state index contributed by atoms with van der Waals surface area (Å²) < 4.78 is 5.37. The molecule has 0 amide bonds. The quantitative estimate of drug-likeness (QED) is 0.677. The first kappa shape index (κ1) is 12.8. The van der Waals surface area contributed by atoms with Gasteiger partial charge in [0, 0.05) is 18.3 Å². The number of phenolic OH excluding ortho intramolecular Hbond substituents is 1. The molecule has 98 valence electrons. The summed E-state index contributed by atoms with van der Waals surface area (Å²) in [5.41, 5.74) is 1.25. The number of rotatable bonds is 3. The Kier molecular flexibility index (Phi) is 3.33. The van der Waals surface area contributed by atoms with E-state index in [9.17, 15) is 15.2 Å². The Labute approximate surface area is 109 Å². The first-order valence-electron chi connectivity index (χ1n) is 5.55. The minimum absolute atomic E-state index is 0.0322. The molecule has 0 saturated carbocycles. The number of aromatic nitrogens is 1. The molecular weight excluding hydrogens is 248 g/mol. The third kappa shape index (κ3) is 2.98. The SMILES string of the molecule is Cc1cc(O)cc(Oc2ncc(C)cc2[N+](=O)[O-])c1. The molecular formula is C13H12N2O4. The highest BCUT2D eigenvalue weighted by molar-refractivity contribution is 5.46. The number of nitro groups is 1. The third-order valence-corrected chi connectivity index (χ3v) is 2.42. The summed E-state index contributed by atoms with van der Waals surface area (Å²) in [7, 11) is 0. The van der Waals surface area contributed by atoms with Gasteiger partial charge in [-0.3, -0.25) is 10.1 Å². The van der Waals surface area contributed by atoms with Crippen LogP contribution in [-0.2, 0) is 0 Å². The van der Waals surface area contributed by atoms with Gasteiger partial charge in [-0.1, -0.05) is 0 Å². The molecule has 6 nitrogen and oxygen atoms in total. The van der Waals surface area contributed by atoms with Crippen molar-refractivity contribution in [2.45, 2.75) is 13.8 Å². The van der Waals surface area contributed by atoms with Gasteiger partial charge in [0.1, 0.15) is 11.5 Å². The van der Waals surface area contributed by atoms with E-state index in [1.54, 1.807) is 26.0 Å². The Morgan fingerprint density at radius 1 is 1.21 bits per heavy atom. The molecule has 0 aliphatic rings. The van der Waals surface area contributed by atoms with E-state index in [1.807, 2.05) is 0 Å². The van der Waals surface area contributed by atoms with Gasteiger partial charge >= 0.3 is 5.69 Å². The second-order valence-electron chi connectivity index (χ2n) is 4.20. The monoisotopic (exact) mass is 260 g/mol. The van der Waals surface area contributed by atoms with Crippen LogP contribution in [0.2, 0.25) is 0 Å². The number of hydrogen-bond acceptors (Lipinski definition) is 5. The van der Waals surface area contributed by atoms with Gasteiger partial charge in [-0.15, -0.1) is 0 Å². The number of pyridine rings is 1. The molecule has 19 heavy (non-hydrogen) atoms. The van der Waals surface area contributed by atoms with Crippen LogP contribution in [0, 0.1) is 24.0 Å². The van der Waals surface area contributed by atoms with E-state index < -0.39 is 4.92 Å². The molecule has 1 aromatic carbocycles. The summed E-state index contributed by atoms with van der Waals surface area (Å²) in [6.07, 6.45) is 1.48. The molecule has 0 spiro atoms. The Morgan fingerprint density at radius 3 is 2.58 bits per heavy atom. The highest BCUT2D eigenvalue weighted by Gasteiger charge is 2.18. The van der Waals surface area contributed by atoms with Gasteiger partial charge in [0.15, 0.2) is 0 Å². The van der Waals surface area contributed by atoms with E-state index in [4.69, 9.17) is 4.74 Å². The van der Waals surface area contributed by atoms with E-state index in [2.05, 4.69) is 4.98 Å². The molecule has 0 atom stereocenters. The maximum absolute atomic E-state index is 10.9. The molecule has 1 aromatic heterocycles. The zero-order chi connectivity index (χ0) is 14.0. The molecule has 0 radical (unpaired) electrons. The van der Waals surface area contributed by atoms with Gasteiger partial charge in [0.2, 0.25) is 0 Å². The van der Waals surface area contributed by atoms with Crippen LogP contribution >= 0.6 is 0 Å². The normalized spacial score (nSPS) is 10.2. The maximum atomic E-state index is 10.9. The zero-order valence-electron chi connectivity index (χ0n) is 10.5. The van der Waals surface area contributed by atoms with Crippen molar-refractivity contribution in [3.63, 3.8) is 0 Å². The Balaban J connectivity index is 2.40. The number of aryl methyl sites for hydroxylation is 2. The minimum atomic E-state index is -0.551. The lowest BCUT2D eigenvalue weighted by atomic mass is 10.2. The van der Waals surface area contributed by atoms with Crippen molar-refractivity contribution in [3.8, 4) is 17.4 Å². The summed E-state index contributed by atoms with van der Waals surface area (Å²) in [4.78, 5) is 14.3. The molecule has 0 unspecified atom stereocenters. The number of phenols is 1. The standard InChI is InChI=1S/C13H12N2O4/c1-8-3-10(16)6-11(4-8)19-13-12(15(17)18)5-9(2)7-14-13/h3-7,16H,1-2H3. The molecule has 0 aliphatic carbocycles. The summed E-state index contributed by atoms with van der Waals surface area (Å²) in [5.74, 6) is 0.238. The summed E-state index contributed by atoms with van der Waals surface area (Å²) in [6, 6.07) is 5.98. The average Bonchev–Trinajstić information content (AvgIpc) is 2.30.